The van der Waals surface area contributed by atoms with Crippen molar-refractivity contribution in [2.24, 2.45) is 5.73 Å². The Hall–Kier alpha value is -1.86. The Bertz CT molecular complexity index is 220. The van der Waals surface area contributed by atoms with Gasteiger partial charge in [0.15, 0.2) is 0 Å². The summed E-state index contributed by atoms with van der Waals surface area (Å²) in [5.74, 6) is 0. The Morgan fingerprint density at radius 2 is 1.90 bits per heavy atom. The number of aromatic nitrogens is 1. The van der Waals surface area contributed by atoms with E-state index >= 15 is 0 Å². The third-order valence-electron chi connectivity index (χ3n) is 0.493. The summed E-state index contributed by atoms with van der Waals surface area (Å²) in [7, 11) is 0. The lowest BCUT2D eigenvalue weighted by Crippen LogP contribution is -2.17. The number of hydrogen-bond acceptors (Lipinski definition) is 6. The number of nitrogens with two attached hydrogens (primary N) is 1. The number of nitrogens with zero attached hydrogens (tertiary/aromatic N) is 1. The van der Waals surface area contributed by atoms with Crippen molar-refractivity contribution in [2.45, 2.75) is 0 Å². The van der Waals surface area contributed by atoms with E-state index < -0.39 is 12.2 Å². The summed E-state index contributed by atoms with van der Waals surface area (Å²) in [6.07, 6.45) is -2.37. The second-order valence-corrected chi connectivity index (χ2v) is 1.16. The molecule has 1 amide bonds. The quantitative estimate of drug-likeness (QED) is 0.400. The van der Waals surface area contributed by atoms with E-state index in [1.54, 1.807) is 0 Å². The maximum atomic E-state index is 10.2. The van der Waals surface area contributed by atoms with Crippen molar-refractivity contribution in [3.8, 4) is 0 Å². The fraction of sp³-hybridized carbons (Fsp3) is 0. The standard InChI is InChI=1S/C2H2N2O6/c3-1(5)7-8-2(6)4-9-10-4/h(H2,3,5). The first-order valence-corrected chi connectivity index (χ1v) is 2.03. The Labute approximate surface area is 52.8 Å². The monoisotopic (exact) mass is 150 g/mol. The molecule has 56 valence electrons. The number of rotatable bonds is 0. The van der Waals surface area contributed by atoms with Gasteiger partial charge >= 0.3 is 12.2 Å². The summed E-state index contributed by atoms with van der Waals surface area (Å²) in [4.78, 5) is 27.6. The minimum absolute atomic E-state index is 0.336. The molecule has 0 saturated heterocycles. The van der Waals surface area contributed by atoms with Crippen molar-refractivity contribution in [1.29, 1.82) is 0 Å². The molecule has 1 heterocycles. The molecule has 0 aliphatic rings. The van der Waals surface area contributed by atoms with Gasteiger partial charge in [0.1, 0.15) is 4.91 Å². The van der Waals surface area contributed by atoms with E-state index in [4.69, 9.17) is 0 Å². The highest BCUT2D eigenvalue weighted by molar-refractivity contribution is 5.69. The van der Waals surface area contributed by atoms with Crippen LogP contribution in [0.4, 0.5) is 9.59 Å². The number of carbonyl (C=O) groups excluding carboxylic acids is 2. The first kappa shape index (κ1) is 6.26. The zero-order valence-electron chi connectivity index (χ0n) is 4.47. The molecule has 10 heavy (non-hydrogen) atoms. The molecule has 0 fully saturated rings. The molecule has 1 aromatic rings. The molecule has 0 unspecified atom stereocenters. The molecule has 8 nitrogen and oxygen atoms in total. The molecule has 0 spiro atoms. The lowest BCUT2D eigenvalue weighted by Gasteiger charge is -1.90. The van der Waals surface area contributed by atoms with E-state index in [-0.39, 0.29) is 0 Å². The SMILES string of the molecule is NC(=O)OOC(=O)n1oo1. The fourth-order valence-corrected chi connectivity index (χ4v) is 0.185. The highest BCUT2D eigenvalue weighted by atomic mass is 17.3. The maximum absolute atomic E-state index is 10.2. The van der Waals surface area contributed by atoms with Gasteiger partial charge in [0, 0.05) is 0 Å². The molecule has 0 bridgehead atoms. The minimum atomic E-state index is -1.24. The predicted molar refractivity (Wildman–Crippen MR) is 21.5 cm³/mol. The molecule has 1 rings (SSSR count). The van der Waals surface area contributed by atoms with E-state index in [0.717, 1.165) is 0 Å². The normalized spacial score (nSPS) is 9.20. The number of amides is 1. The Kier molecular flexibility index (Phi) is 1.36. The zero-order chi connectivity index (χ0) is 7.56. The average molecular weight is 150 g/mol. The summed E-state index contributed by atoms with van der Waals surface area (Å²) in [5, 5.41) is 0. The molecule has 0 aromatic carbocycles. The van der Waals surface area contributed by atoms with Gasteiger partial charge in [0.25, 0.3) is 0 Å². The lowest BCUT2D eigenvalue weighted by atomic mass is 11.3. The molecule has 8 heteroatoms. The second-order valence-electron chi connectivity index (χ2n) is 1.16. The molecule has 0 atom stereocenters. The van der Waals surface area contributed by atoms with Gasteiger partial charge in [-0.2, -0.15) is 0 Å². The predicted octanol–water partition coefficient (Wildman–Crippen LogP) is -0.331. The van der Waals surface area contributed by atoms with Crippen LogP contribution in [0.25, 0.3) is 0 Å². The van der Waals surface area contributed by atoms with Gasteiger partial charge in [0.2, 0.25) is 0 Å². The van der Waals surface area contributed by atoms with Gasteiger partial charge < -0.3 is 5.73 Å². The van der Waals surface area contributed by atoms with Gasteiger partial charge in [-0.1, -0.05) is 0 Å². The first-order chi connectivity index (χ1) is 4.70. The first-order valence-electron chi connectivity index (χ1n) is 2.03. The van der Waals surface area contributed by atoms with Crippen molar-refractivity contribution < 1.29 is 28.7 Å². The Morgan fingerprint density at radius 3 is 2.30 bits per heavy atom. The van der Waals surface area contributed by atoms with Gasteiger partial charge in [-0.25, -0.2) is 19.4 Å². The molecular weight excluding hydrogens is 148 g/mol. The third-order valence-corrected chi connectivity index (χ3v) is 0.493. The van der Waals surface area contributed by atoms with Crippen LogP contribution >= 0.6 is 0 Å². The van der Waals surface area contributed by atoms with Crippen LogP contribution in [0.1, 0.15) is 0 Å². The molecular formula is C2H2N2O6. The smallest absolute Gasteiger partial charge is 0.332 e. The van der Waals surface area contributed by atoms with E-state index in [2.05, 4.69) is 24.9 Å². The van der Waals surface area contributed by atoms with E-state index in [1.165, 1.54) is 0 Å². The summed E-state index contributed by atoms with van der Waals surface area (Å²) >= 11 is 0. The largest absolute Gasteiger partial charge is 0.527 e. The summed E-state index contributed by atoms with van der Waals surface area (Å²) in [6, 6.07) is 0. The van der Waals surface area contributed by atoms with E-state index in [9.17, 15) is 9.59 Å². The van der Waals surface area contributed by atoms with Crippen LogP contribution in [0.5, 0.6) is 0 Å². The van der Waals surface area contributed by atoms with Crippen LogP contribution in [0.2, 0.25) is 0 Å². The van der Waals surface area contributed by atoms with Crippen LogP contribution < -0.4 is 5.73 Å². The van der Waals surface area contributed by atoms with E-state index in [1.807, 2.05) is 0 Å². The maximum Gasteiger partial charge on any atom is 0.527 e. The van der Waals surface area contributed by atoms with E-state index in [0.29, 0.717) is 4.91 Å². The van der Waals surface area contributed by atoms with Crippen LogP contribution in [-0.4, -0.2) is 17.1 Å². The van der Waals surface area contributed by atoms with Crippen molar-refractivity contribution in [1.82, 2.24) is 4.91 Å². The number of hydrogen-bond donors (Lipinski definition) is 1. The van der Waals surface area contributed by atoms with Gasteiger partial charge in [-0.15, -0.1) is 9.36 Å². The third kappa shape index (κ3) is 1.58. The fourth-order valence-electron chi connectivity index (χ4n) is 0.185. The highest BCUT2D eigenvalue weighted by Crippen LogP contribution is 1.95. The average Bonchev–Trinajstić information content (AvgIpc) is 2.63. The van der Waals surface area contributed by atoms with Crippen LogP contribution in [0, 0.1) is 0 Å². The van der Waals surface area contributed by atoms with Crippen molar-refractivity contribution in [3.63, 3.8) is 0 Å². The van der Waals surface area contributed by atoms with Gasteiger partial charge in [0.05, 0.1) is 0 Å². The molecule has 0 saturated carbocycles. The number of carbonyl (C=O) groups is 2. The highest BCUT2D eigenvalue weighted by Gasteiger charge is 2.19. The van der Waals surface area contributed by atoms with Crippen molar-refractivity contribution >= 4 is 12.2 Å². The summed E-state index contributed by atoms with van der Waals surface area (Å²) < 4.78 is 7.66. The Balaban J connectivity index is 2.21. The van der Waals surface area contributed by atoms with Crippen molar-refractivity contribution in [3.05, 3.63) is 0 Å². The Morgan fingerprint density at radius 1 is 1.30 bits per heavy atom. The summed E-state index contributed by atoms with van der Waals surface area (Å²) in [6.45, 7) is 0. The second kappa shape index (κ2) is 2.17. The van der Waals surface area contributed by atoms with Gasteiger partial charge in [-0.3, -0.25) is 0 Å². The minimum Gasteiger partial charge on any atom is -0.332 e. The molecule has 1 aromatic heterocycles. The van der Waals surface area contributed by atoms with Crippen molar-refractivity contribution in [2.75, 3.05) is 0 Å². The molecule has 0 radical (unpaired) electrons. The van der Waals surface area contributed by atoms with Gasteiger partial charge in [-0.05, 0) is 0 Å². The molecule has 0 aliphatic carbocycles. The lowest BCUT2D eigenvalue weighted by molar-refractivity contribution is -0.177. The number of primary amides is 1. The summed E-state index contributed by atoms with van der Waals surface area (Å²) in [5.41, 5.74) is 4.42. The van der Waals surface area contributed by atoms with Crippen LogP contribution in [0.15, 0.2) is 9.36 Å². The topological polar surface area (TPSA) is 110 Å². The zero-order valence-corrected chi connectivity index (χ0v) is 4.47. The molecule has 2 N–H and O–H groups in total. The van der Waals surface area contributed by atoms with Crippen LogP contribution in [0.3, 0.4) is 0 Å². The van der Waals surface area contributed by atoms with Crippen LogP contribution in [-0.2, 0) is 9.78 Å². The molecule has 0 aliphatic heterocycles.